The Morgan fingerprint density at radius 1 is 0.958 bits per heavy atom. The summed E-state index contributed by atoms with van der Waals surface area (Å²) in [5.41, 5.74) is 0.160. The van der Waals surface area contributed by atoms with Crippen LogP contribution in [0.2, 0.25) is 10.0 Å². The molecule has 24 heavy (non-hydrogen) atoms. The third kappa shape index (κ3) is 2.92. The lowest BCUT2D eigenvalue weighted by Crippen LogP contribution is -2.35. The Morgan fingerprint density at radius 3 is 2.12 bits per heavy atom. The van der Waals surface area contributed by atoms with Gasteiger partial charge in [-0.2, -0.15) is 0 Å². The SMILES string of the molecule is O=C1CC(S(=O)(=O)c2ccccc2)C(=O)N1c1cc(Cl)cc(Cl)c1. The number of benzene rings is 2. The number of rotatable bonds is 3. The third-order valence-electron chi connectivity index (χ3n) is 3.66. The molecular formula is C16H11Cl2NO4S. The lowest BCUT2D eigenvalue weighted by Gasteiger charge is -2.16. The first-order valence-electron chi connectivity index (χ1n) is 6.92. The first-order chi connectivity index (χ1) is 11.3. The highest BCUT2D eigenvalue weighted by Crippen LogP contribution is 2.32. The van der Waals surface area contributed by atoms with Gasteiger partial charge in [-0.05, 0) is 30.3 Å². The van der Waals surface area contributed by atoms with Gasteiger partial charge in [0.2, 0.25) is 5.91 Å². The average Bonchev–Trinajstić information content (AvgIpc) is 2.82. The summed E-state index contributed by atoms with van der Waals surface area (Å²) < 4.78 is 25.3. The maximum absolute atomic E-state index is 12.6. The third-order valence-corrected chi connectivity index (χ3v) is 6.14. The Balaban J connectivity index is 2.01. The zero-order chi connectivity index (χ0) is 17.5. The fraction of sp³-hybridized carbons (Fsp3) is 0.125. The number of sulfone groups is 1. The summed E-state index contributed by atoms with van der Waals surface area (Å²) in [5, 5.41) is -0.968. The Hall–Kier alpha value is -1.89. The highest BCUT2D eigenvalue weighted by atomic mass is 35.5. The molecule has 0 N–H and O–H groups in total. The van der Waals surface area contributed by atoms with Gasteiger partial charge >= 0.3 is 0 Å². The summed E-state index contributed by atoms with van der Waals surface area (Å²) in [6.45, 7) is 0. The van der Waals surface area contributed by atoms with Crippen molar-refractivity contribution in [2.24, 2.45) is 0 Å². The Kier molecular flexibility index (Phi) is 4.38. The topological polar surface area (TPSA) is 71.5 Å². The molecule has 2 aromatic rings. The fourth-order valence-electron chi connectivity index (χ4n) is 2.56. The normalized spacial score (nSPS) is 18.2. The predicted molar refractivity (Wildman–Crippen MR) is 91.0 cm³/mol. The summed E-state index contributed by atoms with van der Waals surface area (Å²) in [5.74, 6) is -1.41. The lowest BCUT2D eigenvalue weighted by molar-refractivity contribution is -0.121. The van der Waals surface area contributed by atoms with Crippen LogP contribution in [0.1, 0.15) is 6.42 Å². The number of halogens is 2. The minimum atomic E-state index is -3.96. The van der Waals surface area contributed by atoms with Crippen LogP contribution >= 0.6 is 23.2 Å². The second kappa shape index (κ2) is 6.20. The van der Waals surface area contributed by atoms with Gasteiger partial charge in [0.25, 0.3) is 5.91 Å². The van der Waals surface area contributed by atoms with Crippen LogP contribution in [0.3, 0.4) is 0 Å². The van der Waals surface area contributed by atoms with E-state index in [0.717, 1.165) is 4.90 Å². The number of anilines is 1. The maximum Gasteiger partial charge on any atom is 0.253 e. The van der Waals surface area contributed by atoms with Crippen LogP contribution in [-0.2, 0) is 19.4 Å². The van der Waals surface area contributed by atoms with E-state index < -0.39 is 33.3 Å². The molecule has 1 fully saturated rings. The molecule has 0 saturated carbocycles. The molecule has 1 aliphatic rings. The summed E-state index contributed by atoms with van der Waals surface area (Å²) in [6, 6.07) is 11.8. The highest BCUT2D eigenvalue weighted by Gasteiger charge is 2.47. The molecule has 3 rings (SSSR count). The number of carbonyl (C=O) groups is 2. The second-order valence-corrected chi connectivity index (χ2v) is 8.25. The molecule has 0 bridgehead atoms. The molecule has 8 heteroatoms. The number of amides is 2. The van der Waals surface area contributed by atoms with Crippen LogP contribution < -0.4 is 4.90 Å². The van der Waals surface area contributed by atoms with E-state index >= 15 is 0 Å². The van der Waals surface area contributed by atoms with Crippen molar-refractivity contribution in [3.8, 4) is 0 Å². The maximum atomic E-state index is 12.6. The van der Waals surface area contributed by atoms with Gasteiger partial charge in [0, 0.05) is 10.0 Å². The van der Waals surface area contributed by atoms with Crippen LogP contribution in [0.15, 0.2) is 53.4 Å². The monoisotopic (exact) mass is 383 g/mol. The molecule has 0 aromatic heterocycles. The van der Waals surface area contributed by atoms with Crippen molar-refractivity contribution in [3.05, 3.63) is 58.6 Å². The van der Waals surface area contributed by atoms with Crippen molar-refractivity contribution in [3.63, 3.8) is 0 Å². The fourth-order valence-corrected chi connectivity index (χ4v) is 4.67. The van der Waals surface area contributed by atoms with Gasteiger partial charge in [0.05, 0.1) is 17.0 Å². The standard InChI is InChI=1S/C16H11Cl2NO4S/c17-10-6-11(18)8-12(7-10)19-15(20)9-14(16(19)21)24(22,23)13-4-2-1-3-5-13/h1-8,14H,9H2. The minimum Gasteiger partial charge on any atom is -0.274 e. The van der Waals surface area contributed by atoms with Crippen molar-refractivity contribution < 1.29 is 18.0 Å². The molecule has 0 radical (unpaired) electrons. The van der Waals surface area contributed by atoms with Crippen molar-refractivity contribution in [2.75, 3.05) is 4.90 Å². The van der Waals surface area contributed by atoms with E-state index in [1.807, 2.05) is 0 Å². The molecule has 0 aliphatic carbocycles. The van der Waals surface area contributed by atoms with Crippen LogP contribution in [0.4, 0.5) is 5.69 Å². The quantitative estimate of drug-likeness (QED) is 0.763. The Morgan fingerprint density at radius 2 is 1.54 bits per heavy atom. The number of nitrogens with zero attached hydrogens (tertiary/aromatic N) is 1. The number of imide groups is 1. The average molecular weight is 384 g/mol. The highest BCUT2D eigenvalue weighted by molar-refractivity contribution is 7.93. The van der Waals surface area contributed by atoms with Gasteiger partial charge in [-0.25, -0.2) is 13.3 Å². The Labute approximate surface area is 148 Å². The molecular weight excluding hydrogens is 373 g/mol. The zero-order valence-electron chi connectivity index (χ0n) is 12.1. The van der Waals surface area contributed by atoms with E-state index in [2.05, 4.69) is 0 Å². The van der Waals surface area contributed by atoms with E-state index in [1.165, 1.54) is 30.3 Å². The smallest absolute Gasteiger partial charge is 0.253 e. The largest absolute Gasteiger partial charge is 0.274 e. The van der Waals surface area contributed by atoms with Gasteiger partial charge in [-0.1, -0.05) is 41.4 Å². The molecule has 1 heterocycles. The molecule has 2 aromatic carbocycles. The molecule has 2 amide bonds. The van der Waals surface area contributed by atoms with Gasteiger partial charge in [-0.3, -0.25) is 9.59 Å². The summed E-state index contributed by atoms with van der Waals surface area (Å²) >= 11 is 11.8. The molecule has 1 unspecified atom stereocenters. The van der Waals surface area contributed by atoms with E-state index in [4.69, 9.17) is 23.2 Å². The molecule has 1 saturated heterocycles. The van der Waals surface area contributed by atoms with Crippen LogP contribution in [-0.4, -0.2) is 25.5 Å². The first kappa shape index (κ1) is 17.0. The van der Waals surface area contributed by atoms with Crippen LogP contribution in [0, 0.1) is 0 Å². The van der Waals surface area contributed by atoms with Gasteiger partial charge < -0.3 is 0 Å². The zero-order valence-corrected chi connectivity index (χ0v) is 14.5. The molecule has 5 nitrogen and oxygen atoms in total. The number of hydrogen-bond donors (Lipinski definition) is 0. The van der Waals surface area contributed by atoms with Crippen molar-refractivity contribution in [1.29, 1.82) is 0 Å². The minimum absolute atomic E-state index is 0.00197. The van der Waals surface area contributed by atoms with Crippen molar-refractivity contribution in [1.82, 2.24) is 0 Å². The summed E-state index contributed by atoms with van der Waals surface area (Å²) in [4.78, 5) is 25.7. The van der Waals surface area contributed by atoms with E-state index in [1.54, 1.807) is 18.2 Å². The summed E-state index contributed by atoms with van der Waals surface area (Å²) in [7, 11) is -3.96. The van der Waals surface area contributed by atoms with Crippen LogP contribution in [0.5, 0.6) is 0 Å². The molecule has 124 valence electrons. The van der Waals surface area contributed by atoms with Gasteiger partial charge in [0.1, 0.15) is 0 Å². The lowest BCUT2D eigenvalue weighted by atomic mass is 10.3. The molecule has 0 spiro atoms. The number of carbonyl (C=O) groups excluding carboxylic acids is 2. The van der Waals surface area contributed by atoms with E-state index in [9.17, 15) is 18.0 Å². The van der Waals surface area contributed by atoms with E-state index in [0.29, 0.717) is 0 Å². The molecule has 1 atom stereocenters. The molecule has 1 aliphatic heterocycles. The van der Waals surface area contributed by atoms with Crippen molar-refractivity contribution in [2.45, 2.75) is 16.6 Å². The second-order valence-electron chi connectivity index (χ2n) is 5.25. The van der Waals surface area contributed by atoms with E-state index in [-0.39, 0.29) is 20.6 Å². The number of hydrogen-bond acceptors (Lipinski definition) is 4. The van der Waals surface area contributed by atoms with Crippen molar-refractivity contribution >= 4 is 50.5 Å². The summed E-state index contributed by atoms with van der Waals surface area (Å²) in [6.07, 6.45) is -0.416. The first-order valence-corrected chi connectivity index (χ1v) is 9.23. The predicted octanol–water partition coefficient (Wildman–Crippen LogP) is 3.10. The van der Waals surface area contributed by atoms with Crippen LogP contribution in [0.25, 0.3) is 0 Å². The Bertz CT molecular complexity index is 908. The van der Waals surface area contributed by atoms with Gasteiger partial charge in [0.15, 0.2) is 15.1 Å². The van der Waals surface area contributed by atoms with Gasteiger partial charge in [-0.15, -0.1) is 0 Å².